The minimum absolute atomic E-state index is 0.153. The van der Waals surface area contributed by atoms with Crippen LogP contribution in [-0.4, -0.2) is 43.9 Å². The van der Waals surface area contributed by atoms with Crippen molar-refractivity contribution in [2.24, 2.45) is 0 Å². The van der Waals surface area contributed by atoms with Gasteiger partial charge < -0.3 is 10.1 Å². The molecule has 11 heteroatoms. The molecule has 0 unspecified atom stereocenters. The summed E-state index contributed by atoms with van der Waals surface area (Å²) in [7, 11) is 0. The predicted octanol–water partition coefficient (Wildman–Crippen LogP) is 6.01. The minimum Gasteiger partial charge on any atom is -0.382 e. The molecule has 34 heavy (non-hydrogen) atoms. The molecule has 0 aliphatic carbocycles. The number of hydrogen-bond acceptors (Lipinski definition) is 5. The number of halogens is 3. The fourth-order valence-corrected chi connectivity index (χ4v) is 4.43. The maximum Gasteiger partial charge on any atom is 0.410 e. The second kappa shape index (κ2) is 9.91. The van der Waals surface area contributed by atoms with Crippen molar-refractivity contribution >= 4 is 18.0 Å². The molecule has 0 saturated heterocycles. The van der Waals surface area contributed by atoms with Crippen LogP contribution in [0.2, 0.25) is 0 Å². The van der Waals surface area contributed by atoms with Crippen LogP contribution in [0.25, 0.3) is 11.5 Å². The number of anilines is 1. The Labute approximate surface area is 201 Å². The molecule has 3 aromatic rings. The van der Waals surface area contributed by atoms with E-state index in [9.17, 15) is 13.2 Å². The Bertz CT molecular complexity index is 1160. The quantitative estimate of drug-likeness (QED) is 0.296. The van der Waals surface area contributed by atoms with Gasteiger partial charge in [-0.15, -0.1) is 0 Å². The first kappa shape index (κ1) is 24.5. The van der Waals surface area contributed by atoms with Gasteiger partial charge in [0, 0.05) is 32.2 Å². The van der Waals surface area contributed by atoms with Crippen LogP contribution in [0.3, 0.4) is 0 Å². The van der Waals surface area contributed by atoms with E-state index in [1.54, 1.807) is 10.6 Å². The molecule has 4 rings (SSSR count). The van der Waals surface area contributed by atoms with E-state index in [0.29, 0.717) is 54.2 Å². The lowest BCUT2D eigenvalue weighted by molar-refractivity contribution is -0.173. The number of benzene rings is 1. The van der Waals surface area contributed by atoms with Crippen molar-refractivity contribution in [3.63, 3.8) is 0 Å². The SMILES string of the molecule is CCOCCCn1c(-c2cc3n(n2)[C@H](C(F)(F)F)C[C@H](c2ccc(C(C)C)cc2)N3)n[nH]c1=S. The van der Waals surface area contributed by atoms with Gasteiger partial charge in [-0.2, -0.15) is 23.4 Å². The third-order valence-electron chi connectivity index (χ3n) is 6.06. The van der Waals surface area contributed by atoms with Crippen LogP contribution >= 0.6 is 12.2 Å². The zero-order valence-electron chi connectivity index (χ0n) is 19.4. The van der Waals surface area contributed by atoms with Crippen molar-refractivity contribution < 1.29 is 17.9 Å². The van der Waals surface area contributed by atoms with Gasteiger partial charge >= 0.3 is 6.18 Å². The fourth-order valence-electron chi connectivity index (χ4n) is 4.20. The number of alkyl halides is 3. The van der Waals surface area contributed by atoms with E-state index >= 15 is 0 Å². The van der Waals surface area contributed by atoms with Crippen LogP contribution in [0.1, 0.15) is 62.7 Å². The molecule has 0 radical (unpaired) electrons. The molecule has 2 atom stereocenters. The topological polar surface area (TPSA) is 72.7 Å². The summed E-state index contributed by atoms with van der Waals surface area (Å²) in [6.45, 7) is 7.77. The fraction of sp³-hybridized carbons (Fsp3) is 0.522. The average Bonchev–Trinajstić information content (AvgIpc) is 3.38. The smallest absolute Gasteiger partial charge is 0.382 e. The maximum absolute atomic E-state index is 14.1. The van der Waals surface area contributed by atoms with E-state index in [1.807, 2.05) is 31.2 Å². The number of H-pyrrole nitrogens is 1. The first-order valence-electron chi connectivity index (χ1n) is 11.4. The van der Waals surface area contributed by atoms with E-state index in [-0.39, 0.29) is 6.42 Å². The molecule has 1 aliphatic heterocycles. The van der Waals surface area contributed by atoms with Crippen LogP contribution in [0.5, 0.6) is 0 Å². The van der Waals surface area contributed by atoms with Gasteiger partial charge in [0.25, 0.3) is 0 Å². The molecule has 2 aromatic heterocycles. The molecule has 7 nitrogen and oxygen atoms in total. The lowest BCUT2D eigenvalue weighted by atomic mass is 9.94. The van der Waals surface area contributed by atoms with Crippen molar-refractivity contribution in [3.05, 3.63) is 46.2 Å². The lowest BCUT2D eigenvalue weighted by Crippen LogP contribution is -2.35. The minimum atomic E-state index is -4.45. The molecule has 184 valence electrons. The van der Waals surface area contributed by atoms with Gasteiger partial charge in [-0.05, 0) is 42.6 Å². The monoisotopic (exact) mass is 494 g/mol. The first-order valence-corrected chi connectivity index (χ1v) is 11.9. The maximum atomic E-state index is 14.1. The number of aromatic nitrogens is 5. The number of ether oxygens (including phenoxy) is 1. The zero-order chi connectivity index (χ0) is 24.5. The normalized spacial score (nSPS) is 18.2. The van der Waals surface area contributed by atoms with E-state index in [4.69, 9.17) is 17.0 Å². The highest BCUT2D eigenvalue weighted by Gasteiger charge is 2.46. The average molecular weight is 495 g/mol. The Morgan fingerprint density at radius 3 is 2.62 bits per heavy atom. The van der Waals surface area contributed by atoms with Crippen LogP contribution < -0.4 is 5.32 Å². The van der Waals surface area contributed by atoms with Crippen molar-refractivity contribution in [1.82, 2.24) is 24.5 Å². The number of nitrogens with one attached hydrogen (secondary N) is 2. The number of hydrogen-bond donors (Lipinski definition) is 2. The second-order valence-corrected chi connectivity index (χ2v) is 9.11. The van der Waals surface area contributed by atoms with Gasteiger partial charge in [0.05, 0.1) is 6.04 Å². The number of fused-ring (bicyclic) bond motifs is 1. The van der Waals surface area contributed by atoms with Crippen molar-refractivity contribution in [1.29, 1.82) is 0 Å². The molecule has 0 amide bonds. The number of rotatable bonds is 8. The standard InChI is InChI=1S/C23H29F3N6OS/c1-4-33-11-5-10-31-21(28-29-22(31)34)18-13-20-27-17(12-19(23(24,25)26)32(20)30-18)16-8-6-15(7-9-16)14(2)3/h6-9,13-14,17,19,27H,4-5,10-12H2,1-3H3,(H,29,34)/t17-,19+/m1/s1. The van der Waals surface area contributed by atoms with Crippen molar-refractivity contribution in [3.8, 4) is 11.5 Å². The summed E-state index contributed by atoms with van der Waals surface area (Å²) in [6.07, 6.45) is -3.90. The van der Waals surface area contributed by atoms with Gasteiger partial charge in [0.1, 0.15) is 11.5 Å². The van der Waals surface area contributed by atoms with Crippen LogP contribution in [0, 0.1) is 4.77 Å². The van der Waals surface area contributed by atoms with E-state index in [2.05, 4.69) is 34.5 Å². The highest BCUT2D eigenvalue weighted by molar-refractivity contribution is 7.71. The molecular formula is C23H29F3N6OS. The Balaban J connectivity index is 1.65. The molecule has 1 aliphatic rings. The number of aromatic amines is 1. The molecule has 2 N–H and O–H groups in total. The van der Waals surface area contributed by atoms with Gasteiger partial charge in [-0.3, -0.25) is 9.67 Å². The predicted molar refractivity (Wildman–Crippen MR) is 126 cm³/mol. The molecule has 1 aromatic carbocycles. The Kier molecular flexibility index (Phi) is 7.13. The van der Waals surface area contributed by atoms with Gasteiger partial charge in [0.2, 0.25) is 0 Å². The van der Waals surface area contributed by atoms with Gasteiger partial charge in [-0.1, -0.05) is 38.1 Å². The third kappa shape index (κ3) is 5.05. The zero-order valence-corrected chi connectivity index (χ0v) is 20.2. The highest BCUT2D eigenvalue weighted by atomic mass is 32.1. The Morgan fingerprint density at radius 2 is 1.97 bits per heavy atom. The summed E-state index contributed by atoms with van der Waals surface area (Å²) >= 11 is 5.33. The van der Waals surface area contributed by atoms with Crippen LogP contribution in [-0.2, 0) is 11.3 Å². The highest BCUT2D eigenvalue weighted by Crippen LogP contribution is 2.44. The lowest BCUT2D eigenvalue weighted by Gasteiger charge is -2.33. The van der Waals surface area contributed by atoms with Crippen molar-refractivity contribution in [2.75, 3.05) is 18.5 Å². The third-order valence-corrected chi connectivity index (χ3v) is 6.37. The second-order valence-electron chi connectivity index (χ2n) is 8.73. The molecule has 0 fully saturated rings. The van der Waals surface area contributed by atoms with E-state index in [0.717, 1.165) is 15.8 Å². The summed E-state index contributed by atoms with van der Waals surface area (Å²) in [6, 6.07) is 7.12. The summed E-state index contributed by atoms with van der Waals surface area (Å²) in [5.41, 5.74) is 2.29. The Hall–Kier alpha value is -2.66. The van der Waals surface area contributed by atoms with Gasteiger partial charge in [0.15, 0.2) is 16.6 Å². The van der Waals surface area contributed by atoms with E-state index < -0.39 is 18.3 Å². The first-order chi connectivity index (χ1) is 16.2. The summed E-state index contributed by atoms with van der Waals surface area (Å²) in [4.78, 5) is 0. The summed E-state index contributed by atoms with van der Waals surface area (Å²) in [5.74, 6) is 1.06. The molecule has 0 saturated carbocycles. The number of nitrogens with zero attached hydrogens (tertiary/aromatic N) is 4. The van der Waals surface area contributed by atoms with E-state index in [1.165, 1.54) is 0 Å². The largest absolute Gasteiger partial charge is 0.410 e. The van der Waals surface area contributed by atoms with Crippen molar-refractivity contribution in [2.45, 2.75) is 64.3 Å². The van der Waals surface area contributed by atoms with Gasteiger partial charge in [-0.25, -0.2) is 4.68 Å². The summed E-state index contributed by atoms with van der Waals surface area (Å²) in [5, 5.41) is 14.5. The molecule has 3 heterocycles. The molecular weight excluding hydrogens is 465 g/mol. The molecule has 0 bridgehead atoms. The molecule has 0 spiro atoms. The van der Waals surface area contributed by atoms with Crippen LogP contribution in [0.15, 0.2) is 30.3 Å². The Morgan fingerprint density at radius 1 is 1.24 bits per heavy atom. The van der Waals surface area contributed by atoms with Crippen LogP contribution in [0.4, 0.5) is 19.0 Å². The summed E-state index contributed by atoms with van der Waals surface area (Å²) < 4.78 is 50.7.